The zero-order chi connectivity index (χ0) is 13.7. The lowest BCUT2D eigenvalue weighted by Gasteiger charge is -2.20. The topological polar surface area (TPSA) is 52.6 Å². The smallest absolute Gasteiger partial charge is 0.322 e. The van der Waals surface area contributed by atoms with Crippen LogP contribution in [-0.2, 0) is 19.1 Å². The molecule has 0 spiro atoms. The third kappa shape index (κ3) is 6.05. The number of ether oxygens (including phenoxy) is 2. The molecule has 0 saturated carbocycles. The van der Waals surface area contributed by atoms with Crippen molar-refractivity contribution in [1.29, 1.82) is 0 Å². The summed E-state index contributed by atoms with van der Waals surface area (Å²) in [4.78, 5) is 22.9. The van der Waals surface area contributed by atoms with Crippen LogP contribution in [0.5, 0.6) is 0 Å². The molecule has 0 bridgehead atoms. The fourth-order valence-corrected chi connectivity index (χ4v) is 0.895. The Morgan fingerprint density at radius 3 is 1.76 bits per heavy atom. The molecule has 0 rings (SSSR count). The summed E-state index contributed by atoms with van der Waals surface area (Å²) in [6.45, 7) is 9.14. The number of hydrogen-bond donors (Lipinski definition) is 0. The summed E-state index contributed by atoms with van der Waals surface area (Å²) < 4.78 is 9.26. The molecule has 0 aromatic carbocycles. The Morgan fingerprint density at radius 2 is 1.41 bits per heavy atom. The summed E-state index contributed by atoms with van der Waals surface area (Å²) in [5.74, 6) is -0.641. The molecule has 100 valence electrons. The van der Waals surface area contributed by atoms with E-state index in [-0.39, 0.29) is 25.2 Å². The Bertz CT molecular complexity index is 279. The van der Waals surface area contributed by atoms with Crippen LogP contribution in [0.15, 0.2) is 0 Å². The second kappa shape index (κ2) is 6.38. The lowest BCUT2D eigenvalue weighted by Crippen LogP contribution is -2.30. The zero-order valence-corrected chi connectivity index (χ0v) is 12.7. The first-order valence-electron chi connectivity index (χ1n) is 5.64. The normalized spacial score (nSPS) is 12.1. The van der Waals surface area contributed by atoms with Crippen LogP contribution in [0.3, 0.4) is 0 Å². The minimum atomic E-state index is -0.709. The maximum absolute atomic E-state index is 11.6. The lowest BCUT2D eigenvalue weighted by molar-refractivity contribution is -0.159. The van der Waals surface area contributed by atoms with Gasteiger partial charge in [0.15, 0.2) is 0 Å². The molecule has 5 heteroatoms. The van der Waals surface area contributed by atoms with E-state index in [1.807, 2.05) is 20.8 Å². The third-order valence-corrected chi connectivity index (χ3v) is 2.80. The molecule has 0 aromatic rings. The molecule has 0 heterocycles. The largest absolute Gasteiger partial charge is 0.462 e. The maximum atomic E-state index is 11.6. The highest BCUT2D eigenvalue weighted by atomic mass is 79.9. The highest BCUT2D eigenvalue weighted by Crippen LogP contribution is 2.21. The van der Waals surface area contributed by atoms with Crippen molar-refractivity contribution < 1.29 is 19.1 Å². The van der Waals surface area contributed by atoms with Gasteiger partial charge in [-0.1, -0.05) is 22.9 Å². The van der Waals surface area contributed by atoms with E-state index in [2.05, 4.69) is 15.9 Å². The molecule has 0 aliphatic rings. The summed E-state index contributed by atoms with van der Waals surface area (Å²) in [5, 5.41) is 0. The number of carbonyl (C=O) groups excluding carboxylic acids is 2. The van der Waals surface area contributed by atoms with E-state index in [1.54, 1.807) is 13.8 Å². The van der Waals surface area contributed by atoms with Crippen molar-refractivity contribution in [2.24, 2.45) is 5.41 Å². The maximum Gasteiger partial charge on any atom is 0.322 e. The zero-order valence-electron chi connectivity index (χ0n) is 11.1. The predicted molar refractivity (Wildman–Crippen MR) is 69.0 cm³/mol. The second-order valence-electron chi connectivity index (χ2n) is 4.98. The fourth-order valence-electron chi connectivity index (χ4n) is 0.780. The highest BCUT2D eigenvalue weighted by molar-refractivity contribution is 9.10. The molecule has 17 heavy (non-hydrogen) atoms. The van der Waals surface area contributed by atoms with Crippen LogP contribution in [-0.4, -0.2) is 29.5 Å². The number of halogens is 1. The van der Waals surface area contributed by atoms with E-state index >= 15 is 0 Å². The van der Waals surface area contributed by atoms with Gasteiger partial charge in [0.1, 0.15) is 17.5 Å². The Hall–Kier alpha value is -0.580. The van der Waals surface area contributed by atoms with E-state index in [0.29, 0.717) is 6.42 Å². The van der Waals surface area contributed by atoms with Gasteiger partial charge in [0, 0.05) is 0 Å². The van der Waals surface area contributed by atoms with Gasteiger partial charge in [-0.05, 0) is 34.1 Å². The highest BCUT2D eigenvalue weighted by Gasteiger charge is 2.28. The van der Waals surface area contributed by atoms with Gasteiger partial charge in [0.2, 0.25) is 0 Å². The molecule has 0 N–H and O–H groups in total. The molecule has 4 nitrogen and oxygen atoms in total. The summed E-state index contributed by atoms with van der Waals surface area (Å²) in [6.07, 6.45) is 0.708. The van der Waals surface area contributed by atoms with Gasteiger partial charge in [-0.15, -0.1) is 0 Å². The minimum absolute atomic E-state index is 0.0827. The fraction of sp³-hybridized carbons (Fsp3) is 0.833. The van der Waals surface area contributed by atoms with Crippen LogP contribution in [0, 0.1) is 5.41 Å². The van der Waals surface area contributed by atoms with E-state index in [1.165, 1.54) is 0 Å². The standard InChI is InChI=1S/C12H21BrO4/c1-6-11(2,3)9(14)16-7-8-17-10(15)12(4,5)13/h6-8H2,1-5H3. The van der Waals surface area contributed by atoms with Crippen molar-refractivity contribution in [3.8, 4) is 0 Å². The molecular weight excluding hydrogens is 288 g/mol. The molecule has 0 aliphatic heterocycles. The van der Waals surface area contributed by atoms with Crippen LogP contribution < -0.4 is 0 Å². The van der Waals surface area contributed by atoms with Crippen molar-refractivity contribution in [3.63, 3.8) is 0 Å². The SMILES string of the molecule is CCC(C)(C)C(=O)OCCOC(=O)C(C)(C)Br. The van der Waals surface area contributed by atoms with Crippen LogP contribution in [0.2, 0.25) is 0 Å². The van der Waals surface area contributed by atoms with Crippen LogP contribution in [0.4, 0.5) is 0 Å². The number of alkyl halides is 1. The first-order chi connectivity index (χ1) is 7.61. The van der Waals surface area contributed by atoms with E-state index in [4.69, 9.17) is 9.47 Å². The average Bonchev–Trinajstić information content (AvgIpc) is 2.22. The first kappa shape index (κ1) is 16.4. The van der Waals surface area contributed by atoms with Crippen LogP contribution in [0.25, 0.3) is 0 Å². The van der Waals surface area contributed by atoms with Gasteiger partial charge in [0.25, 0.3) is 0 Å². The summed E-state index contributed by atoms with van der Waals surface area (Å²) >= 11 is 3.19. The molecule has 0 atom stereocenters. The van der Waals surface area contributed by atoms with E-state index in [9.17, 15) is 9.59 Å². The van der Waals surface area contributed by atoms with Crippen LogP contribution >= 0.6 is 15.9 Å². The molecule has 0 aromatic heterocycles. The quantitative estimate of drug-likeness (QED) is 0.430. The molecule has 0 unspecified atom stereocenters. The van der Waals surface area contributed by atoms with Gasteiger partial charge in [0.05, 0.1) is 5.41 Å². The van der Waals surface area contributed by atoms with Crippen molar-refractivity contribution >= 4 is 27.9 Å². The minimum Gasteiger partial charge on any atom is -0.462 e. The van der Waals surface area contributed by atoms with Gasteiger partial charge >= 0.3 is 11.9 Å². The number of carbonyl (C=O) groups is 2. The average molecular weight is 309 g/mol. The van der Waals surface area contributed by atoms with Crippen molar-refractivity contribution in [2.75, 3.05) is 13.2 Å². The molecule has 0 radical (unpaired) electrons. The monoisotopic (exact) mass is 308 g/mol. The Morgan fingerprint density at radius 1 is 1.00 bits per heavy atom. The molecule has 0 aliphatic carbocycles. The van der Waals surface area contributed by atoms with Gasteiger partial charge < -0.3 is 9.47 Å². The molecule has 0 fully saturated rings. The molecular formula is C12H21BrO4. The Balaban J connectivity index is 3.88. The summed E-state index contributed by atoms with van der Waals surface area (Å²) in [7, 11) is 0. The number of rotatable bonds is 6. The second-order valence-corrected chi connectivity index (χ2v) is 6.96. The Kier molecular flexibility index (Phi) is 6.16. The van der Waals surface area contributed by atoms with Crippen molar-refractivity contribution in [2.45, 2.75) is 45.4 Å². The van der Waals surface area contributed by atoms with Gasteiger partial charge in [-0.2, -0.15) is 0 Å². The third-order valence-electron chi connectivity index (χ3n) is 2.47. The lowest BCUT2D eigenvalue weighted by atomic mass is 9.91. The van der Waals surface area contributed by atoms with Gasteiger partial charge in [-0.25, -0.2) is 0 Å². The van der Waals surface area contributed by atoms with Crippen molar-refractivity contribution in [3.05, 3.63) is 0 Å². The molecule has 0 saturated heterocycles. The Labute approximate surface area is 111 Å². The van der Waals surface area contributed by atoms with Crippen molar-refractivity contribution in [1.82, 2.24) is 0 Å². The molecule has 0 amide bonds. The van der Waals surface area contributed by atoms with Crippen LogP contribution in [0.1, 0.15) is 41.0 Å². The van der Waals surface area contributed by atoms with E-state index < -0.39 is 9.74 Å². The van der Waals surface area contributed by atoms with Gasteiger partial charge in [-0.3, -0.25) is 9.59 Å². The first-order valence-corrected chi connectivity index (χ1v) is 6.44. The number of esters is 2. The summed E-state index contributed by atoms with van der Waals surface area (Å²) in [5.41, 5.74) is -0.487. The van der Waals surface area contributed by atoms with E-state index in [0.717, 1.165) is 0 Å². The number of hydrogen-bond acceptors (Lipinski definition) is 4. The summed E-state index contributed by atoms with van der Waals surface area (Å²) in [6, 6.07) is 0. The predicted octanol–water partition coefficient (Wildman–Crippen LogP) is 2.68.